The Bertz CT molecular complexity index is 339. The number of hydrogen-bond donors (Lipinski definition) is 1. The van der Waals surface area contributed by atoms with E-state index in [1.165, 1.54) is 0 Å². The Kier molecular flexibility index (Phi) is 3.23. The minimum absolute atomic E-state index is 0.0116. The van der Waals surface area contributed by atoms with Crippen LogP contribution in [0.5, 0.6) is 0 Å². The second kappa shape index (κ2) is 4.49. The quantitative estimate of drug-likeness (QED) is 0.860. The van der Waals surface area contributed by atoms with E-state index in [1.807, 2.05) is 13.2 Å². The zero-order valence-electron chi connectivity index (χ0n) is 9.42. The molecule has 0 saturated heterocycles. The van der Waals surface area contributed by atoms with Crippen LogP contribution in [0, 0.1) is 0 Å². The van der Waals surface area contributed by atoms with Gasteiger partial charge in [-0.05, 0) is 12.8 Å². The third-order valence-corrected chi connectivity index (χ3v) is 3.07. The highest BCUT2D eigenvalue weighted by Gasteiger charge is 2.34. The maximum absolute atomic E-state index is 12.9. The van der Waals surface area contributed by atoms with E-state index in [4.69, 9.17) is 0 Å². The van der Waals surface area contributed by atoms with Gasteiger partial charge in [-0.1, -0.05) is 0 Å². The van der Waals surface area contributed by atoms with Crippen molar-refractivity contribution in [2.75, 3.05) is 0 Å². The van der Waals surface area contributed by atoms with Crippen LogP contribution in [0.3, 0.4) is 0 Å². The second-order valence-electron chi connectivity index (χ2n) is 4.53. The molecular weight excluding hydrogens is 212 g/mol. The lowest BCUT2D eigenvalue weighted by molar-refractivity contribution is -0.0405. The first kappa shape index (κ1) is 11.5. The zero-order chi connectivity index (χ0) is 11.6. The Hall–Kier alpha value is -0.970. The molecule has 1 heterocycles. The number of nitrogens with zero attached hydrogens (tertiary/aromatic N) is 2. The molecule has 0 bridgehead atoms. The van der Waals surface area contributed by atoms with Crippen LogP contribution in [0.15, 0.2) is 12.4 Å². The average Bonchev–Trinajstić information content (AvgIpc) is 2.63. The number of alkyl halides is 2. The third-order valence-electron chi connectivity index (χ3n) is 3.07. The van der Waals surface area contributed by atoms with Gasteiger partial charge in [0.25, 0.3) is 0 Å². The molecule has 0 unspecified atom stereocenters. The molecule has 2 rings (SSSR count). The molecule has 16 heavy (non-hydrogen) atoms. The van der Waals surface area contributed by atoms with E-state index in [9.17, 15) is 8.78 Å². The van der Waals surface area contributed by atoms with Crippen molar-refractivity contribution in [1.82, 2.24) is 15.1 Å². The van der Waals surface area contributed by atoms with Crippen molar-refractivity contribution in [2.45, 2.75) is 44.2 Å². The van der Waals surface area contributed by atoms with Gasteiger partial charge in [0.1, 0.15) is 0 Å². The van der Waals surface area contributed by atoms with Gasteiger partial charge in [-0.3, -0.25) is 4.68 Å². The van der Waals surface area contributed by atoms with E-state index in [0.717, 1.165) is 5.56 Å². The normalized spacial score (nSPS) is 21.2. The maximum Gasteiger partial charge on any atom is 0.248 e. The first-order valence-electron chi connectivity index (χ1n) is 5.64. The molecule has 0 aliphatic heterocycles. The van der Waals surface area contributed by atoms with Crippen molar-refractivity contribution in [3.63, 3.8) is 0 Å². The van der Waals surface area contributed by atoms with Crippen LogP contribution < -0.4 is 5.32 Å². The molecule has 3 nitrogen and oxygen atoms in total. The minimum Gasteiger partial charge on any atom is -0.310 e. The lowest BCUT2D eigenvalue weighted by Gasteiger charge is -2.28. The van der Waals surface area contributed by atoms with Gasteiger partial charge < -0.3 is 5.32 Å². The SMILES string of the molecule is Cn1cc(CNC2CCC(F)(F)CC2)cn1. The van der Waals surface area contributed by atoms with Crippen LogP contribution in [0.2, 0.25) is 0 Å². The molecule has 0 spiro atoms. The van der Waals surface area contributed by atoms with Crippen molar-refractivity contribution in [3.05, 3.63) is 18.0 Å². The molecular formula is C11H17F2N3. The summed E-state index contributed by atoms with van der Waals surface area (Å²) in [5.74, 6) is -2.44. The highest BCUT2D eigenvalue weighted by atomic mass is 19.3. The molecule has 5 heteroatoms. The Labute approximate surface area is 93.8 Å². The summed E-state index contributed by atoms with van der Waals surface area (Å²) in [6, 6.07) is 0.222. The van der Waals surface area contributed by atoms with Crippen LogP contribution >= 0.6 is 0 Å². The Balaban J connectivity index is 1.75. The molecule has 0 amide bonds. The average molecular weight is 229 g/mol. The van der Waals surface area contributed by atoms with Gasteiger partial charge in [0, 0.05) is 44.2 Å². The molecule has 1 fully saturated rings. The molecule has 0 radical (unpaired) electrons. The highest BCUT2D eigenvalue weighted by Crippen LogP contribution is 2.32. The van der Waals surface area contributed by atoms with Gasteiger partial charge in [-0.15, -0.1) is 0 Å². The molecule has 1 aromatic rings. The van der Waals surface area contributed by atoms with E-state index in [2.05, 4.69) is 10.4 Å². The molecule has 1 aliphatic rings. The van der Waals surface area contributed by atoms with Crippen molar-refractivity contribution in [1.29, 1.82) is 0 Å². The Morgan fingerprint density at radius 2 is 2.19 bits per heavy atom. The standard InChI is InChI=1S/C11H17F2N3/c1-16-8-9(7-15-16)6-14-10-2-4-11(12,13)5-3-10/h7-8,10,14H,2-6H2,1H3. The lowest BCUT2D eigenvalue weighted by atomic mass is 9.92. The third kappa shape index (κ3) is 3.01. The van der Waals surface area contributed by atoms with E-state index in [-0.39, 0.29) is 18.9 Å². The van der Waals surface area contributed by atoms with Crippen LogP contribution in [-0.4, -0.2) is 21.7 Å². The summed E-state index contributed by atoms with van der Waals surface area (Å²) >= 11 is 0. The fourth-order valence-electron chi connectivity index (χ4n) is 2.07. The lowest BCUT2D eigenvalue weighted by Crippen LogP contribution is -2.36. The van der Waals surface area contributed by atoms with E-state index < -0.39 is 5.92 Å². The molecule has 90 valence electrons. The summed E-state index contributed by atoms with van der Waals surface area (Å²) in [4.78, 5) is 0. The second-order valence-corrected chi connectivity index (χ2v) is 4.53. The van der Waals surface area contributed by atoms with E-state index in [0.29, 0.717) is 19.4 Å². The summed E-state index contributed by atoms with van der Waals surface area (Å²) in [7, 11) is 1.87. The van der Waals surface area contributed by atoms with Crippen molar-refractivity contribution in [3.8, 4) is 0 Å². The van der Waals surface area contributed by atoms with Gasteiger partial charge in [-0.25, -0.2) is 8.78 Å². The van der Waals surface area contributed by atoms with E-state index >= 15 is 0 Å². The highest BCUT2D eigenvalue weighted by molar-refractivity contribution is 5.03. The number of rotatable bonds is 3. The first-order chi connectivity index (χ1) is 7.55. The monoisotopic (exact) mass is 229 g/mol. The molecule has 1 saturated carbocycles. The van der Waals surface area contributed by atoms with E-state index in [1.54, 1.807) is 10.9 Å². The summed E-state index contributed by atoms with van der Waals surface area (Å²) in [5.41, 5.74) is 1.10. The van der Waals surface area contributed by atoms with Gasteiger partial charge in [-0.2, -0.15) is 5.10 Å². The number of nitrogens with one attached hydrogen (secondary N) is 1. The minimum atomic E-state index is -2.44. The van der Waals surface area contributed by atoms with Crippen molar-refractivity contribution in [2.24, 2.45) is 7.05 Å². The van der Waals surface area contributed by atoms with Gasteiger partial charge in [0.05, 0.1) is 6.20 Å². The Morgan fingerprint density at radius 1 is 1.50 bits per heavy atom. The fraction of sp³-hybridized carbons (Fsp3) is 0.727. The van der Waals surface area contributed by atoms with Crippen LogP contribution in [0.1, 0.15) is 31.2 Å². The van der Waals surface area contributed by atoms with Crippen molar-refractivity contribution < 1.29 is 8.78 Å². The van der Waals surface area contributed by atoms with Gasteiger partial charge in [0.2, 0.25) is 5.92 Å². The predicted octanol–water partition coefficient (Wildman–Crippen LogP) is 2.09. The number of halogens is 2. The largest absolute Gasteiger partial charge is 0.310 e. The fourth-order valence-corrected chi connectivity index (χ4v) is 2.07. The summed E-state index contributed by atoms with van der Waals surface area (Å²) in [6.07, 6.45) is 4.88. The van der Waals surface area contributed by atoms with Gasteiger partial charge >= 0.3 is 0 Å². The summed E-state index contributed by atoms with van der Waals surface area (Å²) < 4.78 is 27.5. The topological polar surface area (TPSA) is 29.9 Å². The van der Waals surface area contributed by atoms with Crippen LogP contribution in [0.25, 0.3) is 0 Å². The summed E-state index contributed by atoms with van der Waals surface area (Å²) in [6.45, 7) is 0.712. The maximum atomic E-state index is 12.9. The Morgan fingerprint density at radius 3 is 2.75 bits per heavy atom. The van der Waals surface area contributed by atoms with Crippen LogP contribution in [0.4, 0.5) is 8.78 Å². The number of aryl methyl sites for hydroxylation is 1. The smallest absolute Gasteiger partial charge is 0.248 e. The molecule has 1 aromatic heterocycles. The van der Waals surface area contributed by atoms with Crippen molar-refractivity contribution >= 4 is 0 Å². The van der Waals surface area contributed by atoms with Crippen LogP contribution in [-0.2, 0) is 13.6 Å². The van der Waals surface area contributed by atoms with Gasteiger partial charge in [0.15, 0.2) is 0 Å². The molecule has 1 aliphatic carbocycles. The number of aromatic nitrogens is 2. The molecule has 0 atom stereocenters. The first-order valence-corrected chi connectivity index (χ1v) is 5.64. The zero-order valence-corrected chi connectivity index (χ0v) is 9.42. The predicted molar refractivity (Wildman–Crippen MR) is 57.3 cm³/mol. The number of hydrogen-bond acceptors (Lipinski definition) is 2. The molecule has 0 aromatic carbocycles. The summed E-state index contributed by atoms with van der Waals surface area (Å²) in [5, 5.41) is 7.36. The molecule has 1 N–H and O–H groups in total.